The first-order valence-corrected chi connectivity index (χ1v) is 12.7. The van der Waals surface area contributed by atoms with E-state index in [2.05, 4.69) is 5.32 Å². The van der Waals surface area contributed by atoms with Crippen LogP contribution in [-0.4, -0.2) is 70.5 Å². The smallest absolute Gasteiger partial charge is 0.410 e. The maximum absolute atomic E-state index is 12.7. The van der Waals surface area contributed by atoms with Crippen molar-refractivity contribution in [3.8, 4) is 0 Å². The zero-order chi connectivity index (χ0) is 27.4. The number of aliphatic hydroxyl groups is 1. The number of amides is 2. The molecule has 1 aromatic rings. The molecule has 0 aliphatic heterocycles. The van der Waals surface area contributed by atoms with Crippen molar-refractivity contribution in [3.63, 3.8) is 0 Å². The Hall–Kier alpha value is -2.52. The average molecular weight is 529 g/mol. The van der Waals surface area contributed by atoms with Gasteiger partial charge in [-0.15, -0.1) is 11.6 Å². The first-order valence-electron chi connectivity index (χ1n) is 12.1. The Morgan fingerprint density at radius 2 is 1.61 bits per heavy atom. The molecule has 0 aliphatic carbocycles. The van der Waals surface area contributed by atoms with Gasteiger partial charge in [-0.3, -0.25) is 0 Å². The molecule has 9 nitrogen and oxygen atoms in total. The second-order valence-electron chi connectivity index (χ2n) is 10.5. The minimum atomic E-state index is -0.911. The number of halogens is 1. The highest BCUT2D eigenvalue weighted by atomic mass is 35.5. The van der Waals surface area contributed by atoms with Crippen molar-refractivity contribution >= 4 is 29.8 Å². The lowest BCUT2D eigenvalue weighted by Gasteiger charge is -2.27. The van der Waals surface area contributed by atoms with Crippen LogP contribution in [-0.2, 0) is 25.6 Å². The normalized spacial score (nSPS) is 13.3. The summed E-state index contributed by atoms with van der Waals surface area (Å²) in [6.07, 6.45) is -0.934. The highest BCUT2D eigenvalue weighted by Gasteiger charge is 2.28. The Morgan fingerprint density at radius 1 is 1.00 bits per heavy atom. The lowest BCUT2D eigenvalue weighted by atomic mass is 10.1. The molecule has 0 bridgehead atoms. The van der Waals surface area contributed by atoms with Crippen molar-refractivity contribution in [2.45, 2.75) is 90.8 Å². The van der Waals surface area contributed by atoms with E-state index in [0.717, 1.165) is 5.56 Å². The number of esters is 1. The summed E-state index contributed by atoms with van der Waals surface area (Å²) in [6, 6.07) is 8.36. The summed E-state index contributed by atoms with van der Waals surface area (Å²) in [4.78, 5) is 39.0. The molecule has 0 unspecified atom stereocenters. The van der Waals surface area contributed by atoms with E-state index < -0.39 is 41.5 Å². The van der Waals surface area contributed by atoms with Crippen molar-refractivity contribution < 1.29 is 33.7 Å². The zero-order valence-electron chi connectivity index (χ0n) is 22.2. The van der Waals surface area contributed by atoms with E-state index in [4.69, 9.17) is 25.8 Å². The van der Waals surface area contributed by atoms with Gasteiger partial charge in [0.1, 0.15) is 23.9 Å². The highest BCUT2D eigenvalue weighted by Crippen LogP contribution is 2.14. The molecule has 0 saturated carbocycles. The number of carbonyl (C=O) groups excluding carboxylic acids is 3. The van der Waals surface area contributed by atoms with Crippen LogP contribution in [0.5, 0.6) is 0 Å². The topological polar surface area (TPSA) is 114 Å². The molecule has 0 radical (unpaired) electrons. The fourth-order valence-corrected chi connectivity index (χ4v) is 3.19. The summed E-state index contributed by atoms with van der Waals surface area (Å²) < 4.78 is 16.1. The van der Waals surface area contributed by atoms with Gasteiger partial charge in [0.2, 0.25) is 0 Å². The molecule has 2 N–H and O–H groups in total. The van der Waals surface area contributed by atoms with Gasteiger partial charge in [-0.2, -0.15) is 0 Å². The number of nitrogens with one attached hydrogen (secondary N) is 1. The molecule has 204 valence electrons. The van der Waals surface area contributed by atoms with Gasteiger partial charge in [0, 0.05) is 6.54 Å². The number of ether oxygens (including phenoxy) is 3. The lowest BCUT2D eigenvalue weighted by Crippen LogP contribution is -2.46. The van der Waals surface area contributed by atoms with Crippen LogP contribution in [0.2, 0.25) is 0 Å². The maximum Gasteiger partial charge on any atom is 0.410 e. The SMILES string of the molecule is CC(C)(C)OC(=O)N[C@@H](CCCCN(C[C@@H](O)CCl)C(=O)OCc1ccccc1)C(=O)OC(C)(C)C. The monoisotopic (exact) mass is 528 g/mol. The van der Waals surface area contributed by atoms with Gasteiger partial charge < -0.3 is 29.5 Å². The van der Waals surface area contributed by atoms with Crippen molar-refractivity contribution in [2.75, 3.05) is 19.0 Å². The summed E-state index contributed by atoms with van der Waals surface area (Å²) in [5, 5.41) is 12.6. The van der Waals surface area contributed by atoms with E-state index in [1.807, 2.05) is 30.3 Å². The van der Waals surface area contributed by atoms with Crippen LogP contribution < -0.4 is 5.32 Å². The second kappa shape index (κ2) is 14.9. The van der Waals surface area contributed by atoms with E-state index in [0.29, 0.717) is 12.8 Å². The van der Waals surface area contributed by atoms with E-state index in [9.17, 15) is 19.5 Å². The largest absolute Gasteiger partial charge is 0.458 e. The molecule has 10 heteroatoms. The quantitative estimate of drug-likeness (QED) is 0.176. The second-order valence-corrected chi connectivity index (χ2v) is 10.8. The van der Waals surface area contributed by atoms with Crippen molar-refractivity contribution in [1.29, 1.82) is 0 Å². The number of nitrogens with zero attached hydrogens (tertiary/aromatic N) is 1. The first kappa shape index (κ1) is 31.5. The Morgan fingerprint density at radius 3 is 2.17 bits per heavy atom. The molecule has 0 aromatic heterocycles. The minimum absolute atomic E-state index is 0.0166. The predicted molar refractivity (Wildman–Crippen MR) is 138 cm³/mol. The van der Waals surface area contributed by atoms with Crippen LogP contribution in [0.15, 0.2) is 30.3 Å². The fraction of sp³-hybridized carbons (Fsp3) is 0.654. The molecule has 36 heavy (non-hydrogen) atoms. The summed E-state index contributed by atoms with van der Waals surface area (Å²) in [7, 11) is 0. The Balaban J connectivity index is 2.72. The first-order chi connectivity index (χ1) is 16.7. The third-order valence-corrected chi connectivity index (χ3v) is 4.98. The Kier molecular flexibility index (Phi) is 13.0. The highest BCUT2D eigenvalue weighted by molar-refractivity contribution is 6.18. The van der Waals surface area contributed by atoms with Crippen LogP contribution in [0.4, 0.5) is 9.59 Å². The van der Waals surface area contributed by atoms with E-state index in [1.165, 1.54) is 4.90 Å². The maximum atomic E-state index is 12.7. The van der Waals surface area contributed by atoms with E-state index in [-0.39, 0.29) is 32.0 Å². The predicted octanol–water partition coefficient (Wildman–Crippen LogP) is 4.63. The van der Waals surface area contributed by atoms with Crippen molar-refractivity contribution in [2.24, 2.45) is 0 Å². The summed E-state index contributed by atoms with van der Waals surface area (Å²) in [5.41, 5.74) is -0.592. The number of hydrogen-bond donors (Lipinski definition) is 2. The molecule has 2 amide bonds. The lowest BCUT2D eigenvalue weighted by molar-refractivity contribution is -0.157. The molecule has 0 spiro atoms. The van der Waals surface area contributed by atoms with Crippen molar-refractivity contribution in [1.82, 2.24) is 10.2 Å². The number of alkyl carbamates (subject to hydrolysis) is 1. The van der Waals surface area contributed by atoms with Crippen molar-refractivity contribution in [3.05, 3.63) is 35.9 Å². The van der Waals surface area contributed by atoms with Gasteiger partial charge in [0.05, 0.1) is 18.5 Å². The van der Waals surface area contributed by atoms with Gasteiger partial charge in [-0.05, 0) is 66.4 Å². The molecule has 0 heterocycles. The standard InChI is InChI=1S/C26H41ClN2O7/c1-25(2,3)35-22(31)21(28-23(32)36-26(4,5)6)14-10-11-15-29(17-20(30)16-27)24(33)34-18-19-12-8-7-9-13-19/h7-9,12-13,20-21,30H,10-11,14-18H2,1-6H3,(H,28,32)/t20-,21-/m0/s1. The van der Waals surface area contributed by atoms with Gasteiger partial charge >= 0.3 is 18.2 Å². The molecular formula is C26H41ClN2O7. The number of unbranched alkanes of at least 4 members (excludes halogenated alkanes) is 1. The van der Waals surface area contributed by atoms with E-state index >= 15 is 0 Å². The molecule has 0 fully saturated rings. The molecule has 1 aromatic carbocycles. The molecule has 0 aliphatic rings. The average Bonchev–Trinajstić information content (AvgIpc) is 2.76. The number of hydrogen-bond acceptors (Lipinski definition) is 7. The summed E-state index contributed by atoms with van der Waals surface area (Å²) >= 11 is 5.73. The van der Waals surface area contributed by atoms with Gasteiger partial charge in [0.25, 0.3) is 0 Å². The van der Waals surface area contributed by atoms with Gasteiger partial charge in [0.15, 0.2) is 0 Å². The van der Waals surface area contributed by atoms with Crippen LogP contribution in [0.1, 0.15) is 66.4 Å². The fourth-order valence-electron chi connectivity index (χ4n) is 3.09. The Labute approximate surface area is 219 Å². The Bertz CT molecular complexity index is 822. The van der Waals surface area contributed by atoms with Crippen LogP contribution in [0.3, 0.4) is 0 Å². The third-order valence-electron chi connectivity index (χ3n) is 4.63. The van der Waals surface area contributed by atoms with Gasteiger partial charge in [-0.1, -0.05) is 30.3 Å². The molecular weight excluding hydrogens is 488 g/mol. The molecule has 0 saturated heterocycles. The zero-order valence-corrected chi connectivity index (χ0v) is 23.0. The van der Waals surface area contributed by atoms with Crippen LogP contribution in [0.25, 0.3) is 0 Å². The molecule has 1 rings (SSSR count). The summed E-state index contributed by atoms with van der Waals surface area (Å²) in [5.74, 6) is -0.590. The number of carbonyl (C=O) groups is 3. The number of alkyl halides is 1. The number of rotatable bonds is 12. The van der Waals surface area contributed by atoms with Gasteiger partial charge in [-0.25, -0.2) is 14.4 Å². The van der Waals surface area contributed by atoms with E-state index in [1.54, 1.807) is 41.5 Å². The number of benzene rings is 1. The van der Waals surface area contributed by atoms with Crippen LogP contribution in [0, 0.1) is 0 Å². The number of aliphatic hydroxyl groups excluding tert-OH is 1. The van der Waals surface area contributed by atoms with Crippen LogP contribution >= 0.6 is 11.6 Å². The molecule has 2 atom stereocenters. The third kappa shape index (κ3) is 14.1. The minimum Gasteiger partial charge on any atom is -0.458 e. The summed E-state index contributed by atoms with van der Waals surface area (Å²) in [6.45, 7) is 10.8.